The standard InChI is InChI=1S/C25H25IN2O5S/c1-32-20-13-18(12-19(26)23(20)33-16-17-8-4-2-5-9-17)14-21-24(30)28(25(31)34-21)15-22(29)27-10-6-3-7-11-27/h2,4-5,8-9,12-14H,3,6-7,10-11,15-16H2,1H3/b21-14+. The summed E-state index contributed by atoms with van der Waals surface area (Å²) in [5.41, 5.74) is 1.75. The molecule has 0 aromatic heterocycles. The van der Waals surface area contributed by atoms with E-state index in [2.05, 4.69) is 22.6 Å². The molecule has 9 heteroatoms. The summed E-state index contributed by atoms with van der Waals surface area (Å²) in [6.07, 6.45) is 4.67. The number of carbonyl (C=O) groups is 3. The second kappa shape index (κ2) is 11.3. The average molecular weight is 592 g/mol. The first-order chi connectivity index (χ1) is 16.5. The van der Waals surface area contributed by atoms with Gasteiger partial charge in [-0.1, -0.05) is 30.3 Å². The normalized spacial score (nSPS) is 17.4. The number of nitrogens with zero attached hydrogens (tertiary/aromatic N) is 2. The summed E-state index contributed by atoms with van der Waals surface area (Å²) in [6.45, 7) is 1.55. The van der Waals surface area contributed by atoms with E-state index in [4.69, 9.17) is 9.47 Å². The first-order valence-electron chi connectivity index (χ1n) is 11.0. The van der Waals surface area contributed by atoms with Crippen LogP contribution >= 0.6 is 34.4 Å². The van der Waals surface area contributed by atoms with Gasteiger partial charge >= 0.3 is 0 Å². The van der Waals surface area contributed by atoms with Crippen molar-refractivity contribution < 1.29 is 23.9 Å². The second-order valence-corrected chi connectivity index (χ2v) is 10.2. The van der Waals surface area contributed by atoms with Gasteiger partial charge < -0.3 is 14.4 Å². The highest BCUT2D eigenvalue weighted by atomic mass is 127. The van der Waals surface area contributed by atoms with Crippen molar-refractivity contribution >= 4 is 57.5 Å². The molecule has 4 rings (SSSR count). The molecule has 0 unspecified atom stereocenters. The van der Waals surface area contributed by atoms with Gasteiger partial charge in [-0.3, -0.25) is 19.3 Å². The molecule has 0 atom stereocenters. The highest BCUT2D eigenvalue weighted by Gasteiger charge is 2.37. The minimum absolute atomic E-state index is 0.181. The van der Waals surface area contributed by atoms with Crippen LogP contribution in [0.3, 0.4) is 0 Å². The van der Waals surface area contributed by atoms with Crippen LogP contribution in [0, 0.1) is 3.57 Å². The summed E-state index contributed by atoms with van der Waals surface area (Å²) in [5.74, 6) is 0.524. The van der Waals surface area contributed by atoms with E-state index in [0.717, 1.165) is 45.1 Å². The Labute approximate surface area is 216 Å². The molecule has 0 bridgehead atoms. The molecular weight excluding hydrogens is 567 g/mol. The predicted molar refractivity (Wildman–Crippen MR) is 140 cm³/mol. The van der Waals surface area contributed by atoms with Crippen molar-refractivity contribution in [1.29, 1.82) is 0 Å². The quantitative estimate of drug-likeness (QED) is 0.336. The van der Waals surface area contributed by atoms with Crippen LogP contribution in [0.15, 0.2) is 47.4 Å². The van der Waals surface area contributed by atoms with Gasteiger partial charge in [0.1, 0.15) is 13.2 Å². The van der Waals surface area contributed by atoms with Crippen LogP contribution in [0.4, 0.5) is 4.79 Å². The van der Waals surface area contributed by atoms with E-state index in [9.17, 15) is 14.4 Å². The Morgan fingerprint density at radius 1 is 1.12 bits per heavy atom. The molecule has 0 saturated carbocycles. The van der Waals surface area contributed by atoms with Crippen molar-refractivity contribution in [1.82, 2.24) is 9.80 Å². The van der Waals surface area contributed by atoms with Crippen LogP contribution in [0.1, 0.15) is 30.4 Å². The molecule has 2 aromatic rings. The van der Waals surface area contributed by atoms with Gasteiger partial charge in [-0.15, -0.1) is 0 Å². The van der Waals surface area contributed by atoms with Gasteiger partial charge in [0, 0.05) is 13.1 Å². The van der Waals surface area contributed by atoms with Gasteiger partial charge in [0.15, 0.2) is 11.5 Å². The molecule has 2 heterocycles. The number of halogens is 1. The molecule has 0 aliphatic carbocycles. The Balaban J connectivity index is 1.48. The zero-order valence-electron chi connectivity index (χ0n) is 18.8. The van der Waals surface area contributed by atoms with Gasteiger partial charge in [0.05, 0.1) is 15.6 Å². The number of imide groups is 1. The SMILES string of the molecule is COc1cc(/C=C2/SC(=O)N(CC(=O)N3CCCCC3)C2=O)cc(I)c1OCc1ccccc1. The van der Waals surface area contributed by atoms with E-state index in [1.54, 1.807) is 24.2 Å². The van der Waals surface area contributed by atoms with E-state index in [1.165, 1.54) is 0 Å². The van der Waals surface area contributed by atoms with Gasteiger partial charge in [-0.05, 0) is 83.0 Å². The third-order valence-corrected chi connectivity index (χ3v) is 7.36. The minimum Gasteiger partial charge on any atom is -0.493 e. The van der Waals surface area contributed by atoms with Crippen molar-refractivity contribution in [3.05, 3.63) is 62.1 Å². The summed E-state index contributed by atoms with van der Waals surface area (Å²) in [6, 6.07) is 13.5. The van der Waals surface area contributed by atoms with Crippen molar-refractivity contribution in [2.45, 2.75) is 25.9 Å². The maximum absolute atomic E-state index is 12.9. The fourth-order valence-electron chi connectivity index (χ4n) is 3.86. The number of rotatable bonds is 7. The fourth-order valence-corrected chi connectivity index (χ4v) is 5.48. The molecule has 0 N–H and O–H groups in total. The molecule has 3 amide bonds. The molecule has 2 fully saturated rings. The zero-order valence-corrected chi connectivity index (χ0v) is 21.8. The van der Waals surface area contributed by atoms with Crippen molar-refractivity contribution in [3.8, 4) is 11.5 Å². The summed E-state index contributed by atoms with van der Waals surface area (Å²) < 4.78 is 12.3. The van der Waals surface area contributed by atoms with Crippen molar-refractivity contribution in [2.24, 2.45) is 0 Å². The number of carbonyl (C=O) groups excluding carboxylic acids is 3. The Morgan fingerprint density at radius 2 is 1.85 bits per heavy atom. The molecule has 2 saturated heterocycles. The molecular formula is C25H25IN2O5S. The van der Waals surface area contributed by atoms with Gasteiger partial charge in [0.2, 0.25) is 5.91 Å². The monoisotopic (exact) mass is 592 g/mol. The maximum atomic E-state index is 12.9. The molecule has 178 valence electrons. The largest absolute Gasteiger partial charge is 0.493 e. The number of likely N-dealkylation sites (tertiary alicyclic amines) is 1. The second-order valence-electron chi connectivity index (χ2n) is 8.02. The number of ether oxygens (including phenoxy) is 2. The van der Waals surface area contributed by atoms with E-state index in [-0.39, 0.29) is 17.4 Å². The Hall–Kier alpha value is -2.53. The summed E-state index contributed by atoms with van der Waals surface area (Å²) >= 11 is 3.01. The number of hydrogen-bond donors (Lipinski definition) is 0. The smallest absolute Gasteiger partial charge is 0.294 e. The molecule has 0 spiro atoms. The van der Waals surface area contributed by atoms with Gasteiger partial charge in [-0.2, -0.15) is 0 Å². The number of piperidine rings is 1. The van der Waals surface area contributed by atoms with Gasteiger partial charge in [0.25, 0.3) is 11.1 Å². The first-order valence-corrected chi connectivity index (χ1v) is 12.9. The lowest BCUT2D eigenvalue weighted by Crippen LogP contribution is -2.44. The van der Waals surface area contributed by atoms with Crippen LogP contribution in [-0.2, 0) is 16.2 Å². The van der Waals surface area contributed by atoms with E-state index >= 15 is 0 Å². The number of thioether (sulfide) groups is 1. The van der Waals surface area contributed by atoms with Crippen LogP contribution < -0.4 is 9.47 Å². The van der Waals surface area contributed by atoms with Crippen LogP contribution in [0.2, 0.25) is 0 Å². The topological polar surface area (TPSA) is 76.2 Å². The average Bonchev–Trinajstić information content (AvgIpc) is 3.11. The number of methoxy groups -OCH3 is 1. The summed E-state index contributed by atoms with van der Waals surface area (Å²) in [7, 11) is 1.56. The lowest BCUT2D eigenvalue weighted by atomic mass is 10.1. The van der Waals surface area contributed by atoms with E-state index in [0.29, 0.717) is 36.8 Å². The molecule has 34 heavy (non-hydrogen) atoms. The van der Waals surface area contributed by atoms with Gasteiger partial charge in [-0.25, -0.2) is 0 Å². The maximum Gasteiger partial charge on any atom is 0.294 e. The zero-order chi connectivity index (χ0) is 24.1. The highest BCUT2D eigenvalue weighted by molar-refractivity contribution is 14.1. The van der Waals surface area contributed by atoms with Crippen LogP contribution in [0.5, 0.6) is 11.5 Å². The first kappa shape index (κ1) is 24.6. The Morgan fingerprint density at radius 3 is 2.56 bits per heavy atom. The number of hydrogen-bond acceptors (Lipinski definition) is 6. The molecule has 2 aliphatic rings. The van der Waals surface area contributed by atoms with Crippen molar-refractivity contribution in [2.75, 3.05) is 26.7 Å². The number of benzene rings is 2. The Kier molecular flexibility index (Phi) is 8.15. The third kappa shape index (κ3) is 5.75. The Bertz CT molecular complexity index is 1120. The molecule has 7 nitrogen and oxygen atoms in total. The lowest BCUT2D eigenvalue weighted by Gasteiger charge is -2.27. The summed E-state index contributed by atoms with van der Waals surface area (Å²) in [4.78, 5) is 41.0. The minimum atomic E-state index is -0.446. The van der Waals surface area contributed by atoms with E-state index in [1.807, 2.05) is 36.4 Å². The molecule has 2 aliphatic heterocycles. The van der Waals surface area contributed by atoms with E-state index < -0.39 is 11.1 Å². The van der Waals surface area contributed by atoms with Crippen LogP contribution in [-0.4, -0.2) is 53.6 Å². The molecule has 0 radical (unpaired) electrons. The molecule has 2 aromatic carbocycles. The lowest BCUT2D eigenvalue weighted by molar-refractivity contribution is -0.136. The fraction of sp³-hybridized carbons (Fsp3) is 0.320. The summed E-state index contributed by atoms with van der Waals surface area (Å²) in [5, 5.41) is -0.425. The van der Waals surface area contributed by atoms with Crippen molar-refractivity contribution in [3.63, 3.8) is 0 Å². The third-order valence-electron chi connectivity index (χ3n) is 5.65. The highest BCUT2D eigenvalue weighted by Crippen LogP contribution is 2.37. The van der Waals surface area contributed by atoms with Crippen LogP contribution in [0.25, 0.3) is 6.08 Å². The number of amides is 3. The predicted octanol–water partition coefficient (Wildman–Crippen LogP) is 4.93.